The van der Waals surface area contributed by atoms with Crippen molar-refractivity contribution in [2.45, 2.75) is 58.2 Å². The lowest BCUT2D eigenvalue weighted by atomic mass is 9.77. The van der Waals surface area contributed by atoms with Crippen molar-refractivity contribution in [1.29, 1.82) is 0 Å². The first-order valence-electron chi connectivity index (χ1n) is 8.93. The van der Waals surface area contributed by atoms with Gasteiger partial charge in [0.2, 0.25) is 0 Å². The summed E-state index contributed by atoms with van der Waals surface area (Å²) in [7, 11) is 0. The Balaban J connectivity index is 1.51. The molecule has 0 aromatic rings. The molecule has 1 saturated heterocycles. The van der Waals surface area contributed by atoms with Gasteiger partial charge in [0.05, 0.1) is 13.2 Å². The highest BCUT2D eigenvalue weighted by atomic mass is 16.7. The molecule has 2 spiro atoms. The van der Waals surface area contributed by atoms with Crippen molar-refractivity contribution in [3.05, 3.63) is 12.2 Å². The number of hydrogen-bond donors (Lipinski definition) is 0. The van der Waals surface area contributed by atoms with Gasteiger partial charge in [0.25, 0.3) is 0 Å². The third-order valence-electron chi connectivity index (χ3n) is 7.49. The van der Waals surface area contributed by atoms with E-state index < -0.39 is 0 Å². The summed E-state index contributed by atoms with van der Waals surface area (Å²) >= 11 is 0. The standard InChI is InChI=1S/C19H28O2/c1-12-13-4-6-18(8-9-18)15(13)16-14(12)5-7-19(16)20-10-17(2,3)11-21-19/h13-16H,1,4-11H2,2-3H3/t13-,14-,15-,16-/m1/s1. The Bertz CT molecular complexity index is 492. The van der Waals surface area contributed by atoms with Crippen molar-refractivity contribution in [2.24, 2.45) is 34.5 Å². The fraction of sp³-hybridized carbons (Fsp3) is 0.895. The van der Waals surface area contributed by atoms with Crippen LogP contribution in [-0.2, 0) is 9.47 Å². The van der Waals surface area contributed by atoms with Crippen molar-refractivity contribution in [2.75, 3.05) is 13.2 Å². The molecule has 0 aromatic carbocycles. The summed E-state index contributed by atoms with van der Waals surface area (Å²) < 4.78 is 12.9. The first-order valence-corrected chi connectivity index (χ1v) is 8.93. The van der Waals surface area contributed by atoms with Crippen LogP contribution in [0, 0.1) is 34.5 Å². The smallest absolute Gasteiger partial charge is 0.171 e. The Hall–Kier alpha value is -0.340. The van der Waals surface area contributed by atoms with Gasteiger partial charge in [-0.15, -0.1) is 0 Å². The van der Waals surface area contributed by atoms with Crippen molar-refractivity contribution < 1.29 is 9.47 Å². The second-order valence-electron chi connectivity index (χ2n) is 9.33. The molecule has 0 bridgehead atoms. The van der Waals surface area contributed by atoms with E-state index in [0.29, 0.717) is 17.3 Å². The maximum atomic E-state index is 6.47. The van der Waals surface area contributed by atoms with Crippen LogP contribution in [0.3, 0.4) is 0 Å². The quantitative estimate of drug-likeness (QED) is 0.623. The van der Waals surface area contributed by atoms with Gasteiger partial charge in [-0.1, -0.05) is 26.0 Å². The van der Waals surface area contributed by atoms with Crippen LogP contribution >= 0.6 is 0 Å². The fourth-order valence-corrected chi connectivity index (χ4v) is 6.29. The van der Waals surface area contributed by atoms with E-state index in [-0.39, 0.29) is 11.2 Å². The number of ether oxygens (including phenoxy) is 2. The zero-order valence-electron chi connectivity index (χ0n) is 13.5. The highest BCUT2D eigenvalue weighted by Gasteiger charge is 2.70. The van der Waals surface area contributed by atoms with Crippen molar-refractivity contribution in [3.8, 4) is 0 Å². The van der Waals surface area contributed by atoms with Crippen LogP contribution in [0.15, 0.2) is 12.2 Å². The zero-order chi connectivity index (χ0) is 14.5. The highest BCUT2D eigenvalue weighted by molar-refractivity contribution is 5.29. The Morgan fingerprint density at radius 1 is 0.905 bits per heavy atom. The molecule has 2 nitrogen and oxygen atoms in total. The lowest BCUT2D eigenvalue weighted by Gasteiger charge is -2.47. The second-order valence-corrected chi connectivity index (χ2v) is 9.33. The molecule has 2 heteroatoms. The van der Waals surface area contributed by atoms with Crippen LogP contribution in [0.1, 0.15) is 52.4 Å². The molecule has 21 heavy (non-hydrogen) atoms. The number of rotatable bonds is 0. The van der Waals surface area contributed by atoms with Gasteiger partial charge in [0, 0.05) is 17.8 Å². The maximum absolute atomic E-state index is 6.47. The van der Waals surface area contributed by atoms with Crippen molar-refractivity contribution in [3.63, 3.8) is 0 Å². The van der Waals surface area contributed by atoms with Gasteiger partial charge in [-0.05, 0) is 55.3 Å². The Morgan fingerprint density at radius 3 is 2.19 bits per heavy atom. The minimum atomic E-state index is -0.261. The first kappa shape index (κ1) is 13.1. The van der Waals surface area contributed by atoms with Gasteiger partial charge >= 0.3 is 0 Å². The molecule has 0 radical (unpaired) electrons. The highest BCUT2D eigenvalue weighted by Crippen LogP contribution is 2.75. The molecule has 0 aromatic heterocycles. The minimum absolute atomic E-state index is 0.172. The average molecular weight is 288 g/mol. The summed E-state index contributed by atoms with van der Waals surface area (Å²) in [6.07, 6.45) is 8.06. The number of fused-ring (bicyclic) bond motifs is 5. The van der Waals surface area contributed by atoms with Crippen LogP contribution in [0.2, 0.25) is 0 Å². The van der Waals surface area contributed by atoms with Crippen LogP contribution in [-0.4, -0.2) is 19.0 Å². The third kappa shape index (κ3) is 1.56. The third-order valence-corrected chi connectivity index (χ3v) is 7.49. The van der Waals surface area contributed by atoms with Gasteiger partial charge in [-0.25, -0.2) is 0 Å². The number of allylic oxidation sites excluding steroid dienone is 1. The summed E-state index contributed by atoms with van der Waals surface area (Å²) in [4.78, 5) is 0. The van der Waals surface area contributed by atoms with Crippen molar-refractivity contribution in [1.82, 2.24) is 0 Å². The molecule has 5 aliphatic rings. The first-order chi connectivity index (χ1) is 9.97. The van der Waals surface area contributed by atoms with E-state index in [1.807, 2.05) is 0 Å². The van der Waals surface area contributed by atoms with Crippen LogP contribution < -0.4 is 0 Å². The van der Waals surface area contributed by atoms with E-state index in [2.05, 4.69) is 20.4 Å². The van der Waals surface area contributed by atoms with Crippen molar-refractivity contribution >= 4 is 0 Å². The van der Waals surface area contributed by atoms with E-state index in [4.69, 9.17) is 9.47 Å². The molecular formula is C19H28O2. The zero-order valence-corrected chi connectivity index (χ0v) is 13.5. The maximum Gasteiger partial charge on any atom is 0.171 e. The summed E-state index contributed by atoms with van der Waals surface area (Å²) in [6, 6.07) is 0. The van der Waals surface area contributed by atoms with E-state index in [1.165, 1.54) is 32.1 Å². The van der Waals surface area contributed by atoms with E-state index in [1.54, 1.807) is 5.57 Å². The second kappa shape index (κ2) is 3.76. The molecule has 116 valence electrons. The SMILES string of the molecule is C=C1[C@H]2CCC3(CC3)[C@H]2[C@H]2[C@@H]1CCC21OCC(C)(C)CO1. The Labute approximate surface area is 128 Å². The molecule has 4 aliphatic carbocycles. The average Bonchev–Trinajstić information content (AvgIpc) is 2.88. The molecule has 1 heterocycles. The van der Waals surface area contributed by atoms with E-state index >= 15 is 0 Å². The predicted molar refractivity (Wildman–Crippen MR) is 81.7 cm³/mol. The fourth-order valence-electron chi connectivity index (χ4n) is 6.29. The Morgan fingerprint density at radius 2 is 1.52 bits per heavy atom. The van der Waals surface area contributed by atoms with Crippen LogP contribution in [0.5, 0.6) is 0 Å². The van der Waals surface area contributed by atoms with Crippen LogP contribution in [0.25, 0.3) is 0 Å². The van der Waals surface area contributed by atoms with Gasteiger partial charge in [-0.2, -0.15) is 0 Å². The van der Waals surface area contributed by atoms with Crippen LogP contribution in [0.4, 0.5) is 0 Å². The topological polar surface area (TPSA) is 18.5 Å². The summed E-state index contributed by atoms with van der Waals surface area (Å²) in [5.41, 5.74) is 2.39. The molecule has 0 amide bonds. The van der Waals surface area contributed by atoms with E-state index in [0.717, 1.165) is 31.5 Å². The van der Waals surface area contributed by atoms with Gasteiger partial charge < -0.3 is 9.47 Å². The van der Waals surface area contributed by atoms with Gasteiger partial charge in [0.15, 0.2) is 5.79 Å². The van der Waals surface area contributed by atoms with Gasteiger partial charge in [0.1, 0.15) is 0 Å². The molecule has 4 saturated carbocycles. The molecule has 1 aliphatic heterocycles. The predicted octanol–water partition coefficient (Wildman–Crippen LogP) is 4.16. The number of hydrogen-bond acceptors (Lipinski definition) is 2. The Kier molecular flexibility index (Phi) is 2.35. The molecule has 4 atom stereocenters. The largest absolute Gasteiger partial charge is 0.349 e. The molecular weight excluding hydrogens is 260 g/mol. The molecule has 5 rings (SSSR count). The summed E-state index contributed by atoms with van der Waals surface area (Å²) in [5.74, 6) is 2.62. The minimum Gasteiger partial charge on any atom is -0.349 e. The molecule has 5 fully saturated rings. The molecule has 0 N–H and O–H groups in total. The normalized spacial score (nSPS) is 47.8. The lowest BCUT2D eigenvalue weighted by molar-refractivity contribution is -0.322. The summed E-state index contributed by atoms with van der Waals surface area (Å²) in [6.45, 7) is 10.7. The lowest BCUT2D eigenvalue weighted by Crippen LogP contribution is -2.52. The summed E-state index contributed by atoms with van der Waals surface area (Å²) in [5, 5.41) is 0. The van der Waals surface area contributed by atoms with Gasteiger partial charge in [-0.3, -0.25) is 0 Å². The molecule has 0 unspecified atom stereocenters. The van der Waals surface area contributed by atoms with E-state index in [9.17, 15) is 0 Å². The monoisotopic (exact) mass is 288 g/mol.